The molecule has 0 spiro atoms. The van der Waals surface area contributed by atoms with Crippen LogP contribution in [0.4, 0.5) is 5.69 Å². The Balaban J connectivity index is 3.10. The molecule has 0 aliphatic rings. The van der Waals surface area contributed by atoms with Crippen LogP contribution in [0, 0.1) is 0 Å². The minimum absolute atomic E-state index is 0.0973. The smallest absolute Gasteiger partial charge is 0.0577 e. The zero-order chi connectivity index (χ0) is 9.19. The summed E-state index contributed by atoms with van der Waals surface area (Å²) in [6.45, 7) is 4.10. The van der Waals surface area contributed by atoms with E-state index in [9.17, 15) is 0 Å². The topological polar surface area (TPSA) is 23.8 Å². The lowest BCUT2D eigenvalue weighted by Gasteiger charge is -2.23. The average molecular weight is 183 g/mol. The lowest BCUT2D eigenvalue weighted by atomic mass is 9.86. The molecule has 1 rings (SSSR count). The molecule has 1 aromatic carbocycles. The molecule has 1 radical (unpaired) electrons. The largest absolute Gasteiger partial charge is 0.301 e. The maximum Gasteiger partial charge on any atom is 0.0577 e. The number of alkyl halides is 1. The van der Waals surface area contributed by atoms with E-state index in [1.807, 2.05) is 32.0 Å². The molecule has 1 aromatic rings. The van der Waals surface area contributed by atoms with Crippen molar-refractivity contribution in [2.45, 2.75) is 19.3 Å². The van der Waals surface area contributed by atoms with Crippen LogP contribution >= 0.6 is 11.6 Å². The predicted molar refractivity (Wildman–Crippen MR) is 52.9 cm³/mol. The van der Waals surface area contributed by atoms with Gasteiger partial charge >= 0.3 is 0 Å². The summed E-state index contributed by atoms with van der Waals surface area (Å²) < 4.78 is 0. The summed E-state index contributed by atoms with van der Waals surface area (Å²) >= 11 is 5.82. The fourth-order valence-electron chi connectivity index (χ4n) is 1.15. The van der Waals surface area contributed by atoms with Crippen molar-refractivity contribution in [2.24, 2.45) is 0 Å². The van der Waals surface area contributed by atoms with Gasteiger partial charge in [0.05, 0.1) is 5.69 Å². The van der Waals surface area contributed by atoms with Crippen LogP contribution in [-0.2, 0) is 5.41 Å². The van der Waals surface area contributed by atoms with E-state index < -0.39 is 0 Å². The Labute approximate surface area is 78.5 Å². The van der Waals surface area contributed by atoms with Gasteiger partial charge in [-0.15, -0.1) is 11.6 Å². The first-order valence-electron chi connectivity index (χ1n) is 3.95. The highest BCUT2D eigenvalue weighted by Gasteiger charge is 2.21. The molecule has 65 valence electrons. The molecular formula is C10H13ClN. The van der Waals surface area contributed by atoms with Crippen molar-refractivity contribution >= 4 is 17.3 Å². The third-order valence-electron chi connectivity index (χ3n) is 1.99. The molecule has 0 saturated heterocycles. The molecule has 0 heterocycles. The number of halogens is 1. The van der Waals surface area contributed by atoms with Gasteiger partial charge in [0.2, 0.25) is 0 Å². The summed E-state index contributed by atoms with van der Waals surface area (Å²) in [6.07, 6.45) is 0. The fourth-order valence-corrected chi connectivity index (χ4v) is 1.29. The second kappa shape index (κ2) is 3.36. The fraction of sp³-hybridized carbons (Fsp3) is 0.400. The van der Waals surface area contributed by atoms with Gasteiger partial charge in [-0.2, -0.15) is 0 Å². The maximum atomic E-state index is 7.67. The first-order valence-corrected chi connectivity index (χ1v) is 4.48. The molecular weight excluding hydrogens is 170 g/mol. The Bertz CT molecular complexity index is 268. The van der Waals surface area contributed by atoms with E-state index in [0.717, 1.165) is 5.56 Å². The highest BCUT2D eigenvalue weighted by atomic mass is 35.5. The summed E-state index contributed by atoms with van der Waals surface area (Å²) in [5.41, 5.74) is 9.16. The SMILES string of the molecule is CC(C)(CCl)c1ccccc1[NH]. The van der Waals surface area contributed by atoms with E-state index in [1.165, 1.54) is 0 Å². The molecule has 1 nitrogen and oxygen atoms in total. The molecule has 2 heteroatoms. The zero-order valence-electron chi connectivity index (χ0n) is 7.39. The van der Waals surface area contributed by atoms with Gasteiger partial charge in [-0.1, -0.05) is 32.0 Å². The minimum Gasteiger partial charge on any atom is -0.301 e. The van der Waals surface area contributed by atoms with Gasteiger partial charge in [0, 0.05) is 11.3 Å². The Morgan fingerprint density at radius 3 is 2.42 bits per heavy atom. The van der Waals surface area contributed by atoms with Crippen molar-refractivity contribution in [1.82, 2.24) is 5.73 Å². The van der Waals surface area contributed by atoms with Crippen LogP contribution in [0.5, 0.6) is 0 Å². The van der Waals surface area contributed by atoms with E-state index in [1.54, 1.807) is 6.07 Å². The molecule has 0 saturated carbocycles. The highest BCUT2D eigenvalue weighted by Crippen LogP contribution is 2.29. The lowest BCUT2D eigenvalue weighted by Crippen LogP contribution is -2.19. The average Bonchev–Trinajstić information content (AvgIpc) is 2.05. The zero-order valence-corrected chi connectivity index (χ0v) is 8.15. The van der Waals surface area contributed by atoms with Crippen LogP contribution in [-0.4, -0.2) is 5.88 Å². The summed E-state index contributed by atoms with van der Waals surface area (Å²) in [5.74, 6) is 0.545. The maximum absolute atomic E-state index is 7.67. The second-order valence-electron chi connectivity index (χ2n) is 3.56. The normalized spacial score (nSPS) is 11.6. The van der Waals surface area contributed by atoms with Crippen molar-refractivity contribution in [2.75, 3.05) is 5.88 Å². The van der Waals surface area contributed by atoms with Crippen molar-refractivity contribution in [3.8, 4) is 0 Å². The van der Waals surface area contributed by atoms with Gasteiger partial charge in [0.1, 0.15) is 0 Å². The minimum atomic E-state index is -0.0973. The molecule has 0 aliphatic carbocycles. The molecule has 0 aliphatic heterocycles. The number of hydrogen-bond donors (Lipinski definition) is 0. The molecule has 1 N–H and O–H groups in total. The quantitative estimate of drug-likeness (QED) is 0.628. The molecule has 0 atom stereocenters. The first-order chi connectivity index (χ1) is 5.58. The first kappa shape index (κ1) is 9.40. The van der Waals surface area contributed by atoms with Gasteiger partial charge in [0.25, 0.3) is 0 Å². The van der Waals surface area contributed by atoms with Gasteiger partial charge in [-0.05, 0) is 11.6 Å². The predicted octanol–water partition coefficient (Wildman–Crippen LogP) is 3.12. The molecule has 0 aromatic heterocycles. The Morgan fingerprint density at radius 1 is 1.33 bits per heavy atom. The van der Waals surface area contributed by atoms with E-state index in [2.05, 4.69) is 0 Å². The van der Waals surface area contributed by atoms with E-state index in [0.29, 0.717) is 11.6 Å². The van der Waals surface area contributed by atoms with Crippen molar-refractivity contribution in [3.05, 3.63) is 29.8 Å². The summed E-state index contributed by atoms with van der Waals surface area (Å²) in [7, 11) is 0. The van der Waals surface area contributed by atoms with E-state index in [-0.39, 0.29) is 5.41 Å². The number of rotatable bonds is 2. The monoisotopic (exact) mass is 182 g/mol. The Hall–Kier alpha value is -0.690. The molecule has 0 bridgehead atoms. The molecule has 0 fully saturated rings. The Kier molecular flexibility index (Phi) is 2.63. The number of nitrogens with one attached hydrogen (secondary N) is 1. The van der Waals surface area contributed by atoms with Gasteiger partial charge in [-0.3, -0.25) is 0 Å². The van der Waals surface area contributed by atoms with Gasteiger partial charge in [0.15, 0.2) is 0 Å². The van der Waals surface area contributed by atoms with Crippen LogP contribution < -0.4 is 5.73 Å². The van der Waals surface area contributed by atoms with Gasteiger partial charge in [-0.25, -0.2) is 0 Å². The lowest BCUT2D eigenvalue weighted by molar-refractivity contribution is 0.599. The second-order valence-corrected chi connectivity index (χ2v) is 3.83. The molecule has 0 unspecified atom stereocenters. The summed E-state index contributed by atoms with van der Waals surface area (Å²) in [5, 5.41) is 0. The molecule has 0 amide bonds. The van der Waals surface area contributed by atoms with E-state index >= 15 is 0 Å². The van der Waals surface area contributed by atoms with Crippen LogP contribution in [0.2, 0.25) is 0 Å². The number of benzene rings is 1. The highest BCUT2D eigenvalue weighted by molar-refractivity contribution is 6.18. The van der Waals surface area contributed by atoms with E-state index in [4.69, 9.17) is 17.3 Å². The Morgan fingerprint density at radius 2 is 1.92 bits per heavy atom. The standard InChI is InChI=1S/C10H13ClN/c1-10(2,7-11)8-5-3-4-6-9(8)12/h3-6,12H,7H2,1-2H3. The number of hydrogen-bond acceptors (Lipinski definition) is 0. The van der Waals surface area contributed by atoms with Crippen LogP contribution in [0.1, 0.15) is 19.4 Å². The van der Waals surface area contributed by atoms with Crippen LogP contribution in [0.3, 0.4) is 0 Å². The van der Waals surface area contributed by atoms with Crippen LogP contribution in [0.15, 0.2) is 24.3 Å². The van der Waals surface area contributed by atoms with Crippen LogP contribution in [0.25, 0.3) is 0 Å². The summed E-state index contributed by atoms with van der Waals surface area (Å²) in [4.78, 5) is 0. The third-order valence-corrected chi connectivity index (χ3v) is 2.66. The van der Waals surface area contributed by atoms with Crippen molar-refractivity contribution < 1.29 is 0 Å². The van der Waals surface area contributed by atoms with Crippen molar-refractivity contribution in [1.29, 1.82) is 0 Å². The molecule has 12 heavy (non-hydrogen) atoms. The van der Waals surface area contributed by atoms with Gasteiger partial charge < -0.3 is 5.73 Å². The van der Waals surface area contributed by atoms with Crippen molar-refractivity contribution in [3.63, 3.8) is 0 Å². The third kappa shape index (κ3) is 1.72. The summed E-state index contributed by atoms with van der Waals surface area (Å²) in [6, 6.07) is 7.58.